The lowest BCUT2D eigenvalue weighted by molar-refractivity contribution is -0.185. The maximum atomic E-state index is 15.0. The Morgan fingerprint density at radius 2 is 1.45 bits per heavy atom. The van der Waals surface area contributed by atoms with Crippen LogP contribution in [0.25, 0.3) is 11.1 Å². The molecule has 0 spiro atoms. The second kappa shape index (κ2) is 9.54. The van der Waals surface area contributed by atoms with Crippen molar-refractivity contribution in [2.75, 3.05) is 0 Å². The van der Waals surface area contributed by atoms with Crippen molar-refractivity contribution in [3.05, 3.63) is 89.2 Å². The van der Waals surface area contributed by atoms with Crippen LogP contribution >= 0.6 is 0 Å². The molecule has 0 radical (unpaired) electrons. The number of para-hydroxylation sites is 1. The molecule has 0 N–H and O–H groups in total. The Kier molecular flexibility index (Phi) is 6.73. The number of alkyl halides is 2. The van der Waals surface area contributed by atoms with Gasteiger partial charge in [0.1, 0.15) is 5.75 Å². The molecule has 33 heavy (non-hydrogen) atoms. The molecule has 0 bridgehead atoms. The largest absolute Gasteiger partial charge is 0.428 e. The van der Waals surface area contributed by atoms with Crippen LogP contribution in [0.3, 0.4) is 0 Å². The monoisotopic (exact) mass is 460 g/mol. The van der Waals surface area contributed by atoms with E-state index in [9.17, 15) is 13.2 Å². The SMILES string of the molecule is CC[C@H]1CC[C@H](c2ccc(C(F)(F)Oc3ccccc3-c3cc(F)c(F)c(F)c3)cc2)CC1. The molecule has 6 heteroatoms. The van der Waals surface area contributed by atoms with Crippen molar-refractivity contribution in [2.24, 2.45) is 5.92 Å². The molecular weight excluding hydrogens is 435 g/mol. The maximum Gasteiger partial charge on any atom is 0.426 e. The molecule has 0 aliphatic heterocycles. The van der Waals surface area contributed by atoms with Crippen LogP contribution < -0.4 is 4.74 Å². The molecule has 1 aliphatic carbocycles. The van der Waals surface area contributed by atoms with Crippen LogP contribution in [0.2, 0.25) is 0 Å². The first kappa shape index (κ1) is 23.3. The quantitative estimate of drug-likeness (QED) is 0.264. The Labute approximate surface area is 190 Å². The highest BCUT2D eigenvalue weighted by molar-refractivity contribution is 5.70. The number of benzene rings is 3. The van der Waals surface area contributed by atoms with E-state index in [-0.39, 0.29) is 22.4 Å². The van der Waals surface area contributed by atoms with Crippen molar-refractivity contribution in [3.63, 3.8) is 0 Å². The summed E-state index contributed by atoms with van der Waals surface area (Å²) in [6, 6.07) is 13.3. The van der Waals surface area contributed by atoms with Crippen LogP contribution in [-0.2, 0) is 6.11 Å². The van der Waals surface area contributed by atoms with E-state index >= 15 is 8.78 Å². The lowest BCUT2D eigenvalue weighted by Gasteiger charge is -2.28. The number of hydrogen-bond donors (Lipinski definition) is 0. The smallest absolute Gasteiger partial charge is 0.426 e. The van der Waals surface area contributed by atoms with Gasteiger partial charge in [0.15, 0.2) is 17.5 Å². The first-order chi connectivity index (χ1) is 15.8. The lowest BCUT2D eigenvalue weighted by atomic mass is 9.78. The van der Waals surface area contributed by atoms with Crippen molar-refractivity contribution in [2.45, 2.75) is 51.1 Å². The number of halogens is 5. The van der Waals surface area contributed by atoms with E-state index in [1.165, 1.54) is 42.8 Å². The summed E-state index contributed by atoms with van der Waals surface area (Å²) < 4.78 is 75.7. The molecule has 0 aromatic heterocycles. The molecular formula is C27H25F5O. The molecule has 1 fully saturated rings. The van der Waals surface area contributed by atoms with Gasteiger partial charge in [-0.2, -0.15) is 8.78 Å². The van der Waals surface area contributed by atoms with Crippen LogP contribution in [0.1, 0.15) is 56.1 Å². The molecule has 4 rings (SSSR count). The average molecular weight is 460 g/mol. The molecule has 0 unspecified atom stereocenters. The summed E-state index contributed by atoms with van der Waals surface area (Å²) in [5.41, 5.74) is 0.650. The van der Waals surface area contributed by atoms with Gasteiger partial charge in [-0.05, 0) is 79.0 Å². The number of hydrogen-bond acceptors (Lipinski definition) is 1. The Morgan fingerprint density at radius 3 is 2.06 bits per heavy atom. The molecule has 3 aromatic carbocycles. The second-order valence-corrected chi connectivity index (χ2v) is 8.62. The van der Waals surface area contributed by atoms with Gasteiger partial charge in [0.05, 0.1) is 5.56 Å². The minimum Gasteiger partial charge on any atom is -0.428 e. The summed E-state index contributed by atoms with van der Waals surface area (Å²) in [4.78, 5) is 0. The summed E-state index contributed by atoms with van der Waals surface area (Å²) in [5, 5.41) is 0. The first-order valence-electron chi connectivity index (χ1n) is 11.2. The molecule has 0 heterocycles. The standard InChI is InChI=1S/C27H25F5O/c1-2-17-7-9-18(10-8-17)19-11-13-21(14-12-19)27(31,32)33-25-6-4-3-5-22(25)20-15-23(28)26(30)24(29)16-20/h3-6,11-18H,2,7-10H2,1H3/t17-,18-. The summed E-state index contributed by atoms with van der Waals surface area (Å²) >= 11 is 0. The van der Waals surface area contributed by atoms with Gasteiger partial charge in [0, 0.05) is 5.56 Å². The molecule has 1 saturated carbocycles. The maximum absolute atomic E-state index is 15.0. The van der Waals surface area contributed by atoms with Crippen molar-refractivity contribution < 1.29 is 26.7 Å². The highest BCUT2D eigenvalue weighted by Gasteiger charge is 2.35. The Balaban J connectivity index is 1.55. The fourth-order valence-electron chi connectivity index (χ4n) is 4.56. The summed E-state index contributed by atoms with van der Waals surface area (Å²) in [6.07, 6.45) is 1.93. The number of rotatable bonds is 6. The molecule has 1 nitrogen and oxygen atoms in total. The van der Waals surface area contributed by atoms with Gasteiger partial charge in [-0.1, -0.05) is 43.7 Å². The molecule has 0 atom stereocenters. The van der Waals surface area contributed by atoms with Crippen LogP contribution in [0, 0.1) is 23.4 Å². The van der Waals surface area contributed by atoms with Gasteiger partial charge < -0.3 is 4.74 Å². The predicted octanol–water partition coefficient (Wildman–Crippen LogP) is 8.58. The minimum absolute atomic E-state index is 0.0271. The van der Waals surface area contributed by atoms with Gasteiger partial charge in [-0.15, -0.1) is 0 Å². The molecule has 0 saturated heterocycles. The van der Waals surface area contributed by atoms with E-state index in [1.807, 2.05) is 0 Å². The second-order valence-electron chi connectivity index (χ2n) is 8.62. The summed E-state index contributed by atoms with van der Waals surface area (Å²) in [6.45, 7) is 2.20. The van der Waals surface area contributed by atoms with Crippen LogP contribution in [0.4, 0.5) is 22.0 Å². The number of ether oxygens (including phenoxy) is 1. The van der Waals surface area contributed by atoms with Crippen molar-refractivity contribution in [1.82, 2.24) is 0 Å². The zero-order valence-electron chi connectivity index (χ0n) is 18.3. The topological polar surface area (TPSA) is 9.23 Å². The minimum atomic E-state index is -3.67. The zero-order valence-corrected chi connectivity index (χ0v) is 18.3. The highest BCUT2D eigenvalue weighted by Crippen LogP contribution is 2.40. The van der Waals surface area contributed by atoms with Gasteiger partial charge in [-0.25, -0.2) is 13.2 Å². The van der Waals surface area contributed by atoms with E-state index in [0.29, 0.717) is 5.92 Å². The van der Waals surface area contributed by atoms with E-state index in [0.717, 1.165) is 49.3 Å². The Bertz CT molecular complexity index is 1080. The highest BCUT2D eigenvalue weighted by atomic mass is 19.3. The van der Waals surface area contributed by atoms with Gasteiger partial charge in [0.2, 0.25) is 0 Å². The predicted molar refractivity (Wildman–Crippen MR) is 118 cm³/mol. The van der Waals surface area contributed by atoms with Crippen molar-refractivity contribution >= 4 is 0 Å². The van der Waals surface area contributed by atoms with E-state index in [2.05, 4.69) is 6.92 Å². The molecule has 1 aliphatic rings. The average Bonchev–Trinajstić information content (AvgIpc) is 2.82. The van der Waals surface area contributed by atoms with Gasteiger partial charge in [-0.3, -0.25) is 0 Å². The van der Waals surface area contributed by atoms with Crippen molar-refractivity contribution in [1.29, 1.82) is 0 Å². The normalized spacial score (nSPS) is 18.8. The van der Waals surface area contributed by atoms with E-state index in [4.69, 9.17) is 4.74 Å². The molecule has 3 aromatic rings. The lowest BCUT2D eigenvalue weighted by Crippen LogP contribution is -2.22. The Hall–Kier alpha value is -2.89. The van der Waals surface area contributed by atoms with Crippen LogP contribution in [0.5, 0.6) is 5.75 Å². The third-order valence-electron chi connectivity index (χ3n) is 6.56. The first-order valence-corrected chi connectivity index (χ1v) is 11.2. The summed E-state index contributed by atoms with van der Waals surface area (Å²) in [7, 11) is 0. The zero-order chi connectivity index (χ0) is 23.6. The van der Waals surface area contributed by atoms with Crippen LogP contribution in [-0.4, -0.2) is 0 Å². The third-order valence-corrected chi connectivity index (χ3v) is 6.56. The molecule has 174 valence electrons. The van der Waals surface area contributed by atoms with E-state index < -0.39 is 23.6 Å². The van der Waals surface area contributed by atoms with E-state index in [1.54, 1.807) is 12.1 Å². The van der Waals surface area contributed by atoms with Crippen LogP contribution in [0.15, 0.2) is 60.7 Å². The third kappa shape index (κ3) is 5.05. The van der Waals surface area contributed by atoms with Gasteiger partial charge in [0.25, 0.3) is 0 Å². The fraction of sp³-hybridized carbons (Fsp3) is 0.333. The van der Waals surface area contributed by atoms with Crippen molar-refractivity contribution in [3.8, 4) is 16.9 Å². The molecule has 0 amide bonds. The summed E-state index contributed by atoms with van der Waals surface area (Å²) in [5.74, 6) is -3.58. The Morgan fingerprint density at radius 1 is 0.848 bits per heavy atom. The van der Waals surface area contributed by atoms with Gasteiger partial charge >= 0.3 is 6.11 Å². The fourth-order valence-corrected chi connectivity index (χ4v) is 4.56.